The lowest BCUT2D eigenvalue weighted by molar-refractivity contribution is -0.136. The summed E-state index contributed by atoms with van der Waals surface area (Å²) < 4.78 is 5.44. The van der Waals surface area contributed by atoms with Crippen molar-refractivity contribution in [3.63, 3.8) is 0 Å². The predicted octanol–water partition coefficient (Wildman–Crippen LogP) is 3.32. The van der Waals surface area contributed by atoms with E-state index in [2.05, 4.69) is 9.88 Å². The van der Waals surface area contributed by atoms with Gasteiger partial charge in [-0.2, -0.15) is 0 Å². The first-order valence-corrected chi connectivity index (χ1v) is 9.21. The molecule has 128 valence electrons. The Morgan fingerprint density at radius 3 is 2.71 bits per heavy atom. The highest BCUT2D eigenvalue weighted by molar-refractivity contribution is 7.09. The minimum atomic E-state index is 0.00779. The van der Waals surface area contributed by atoms with Gasteiger partial charge in [-0.05, 0) is 18.2 Å². The van der Waals surface area contributed by atoms with Crippen LogP contribution in [0.2, 0.25) is 10.0 Å². The SMILES string of the molecule is O=C(COCc1nccs1)N1CCN(c2ccc(Cl)cc2Cl)CC1. The summed E-state index contributed by atoms with van der Waals surface area (Å²) in [5.74, 6) is 0.00779. The van der Waals surface area contributed by atoms with Crippen molar-refractivity contribution in [2.24, 2.45) is 0 Å². The van der Waals surface area contributed by atoms with Crippen LogP contribution in [0, 0.1) is 0 Å². The Kier molecular flexibility index (Phi) is 5.94. The largest absolute Gasteiger partial charge is 0.367 e. The fourth-order valence-corrected chi connectivity index (χ4v) is 3.66. The molecule has 1 aromatic heterocycles. The number of nitrogens with zero attached hydrogens (tertiary/aromatic N) is 3. The minimum absolute atomic E-state index is 0.00779. The van der Waals surface area contributed by atoms with Gasteiger partial charge in [0.1, 0.15) is 11.6 Å². The van der Waals surface area contributed by atoms with Crippen LogP contribution in [0.3, 0.4) is 0 Å². The maximum Gasteiger partial charge on any atom is 0.248 e. The van der Waals surface area contributed by atoms with Crippen LogP contribution in [-0.4, -0.2) is 48.6 Å². The van der Waals surface area contributed by atoms with Crippen LogP contribution in [0.1, 0.15) is 5.01 Å². The third-order valence-electron chi connectivity index (χ3n) is 3.82. The van der Waals surface area contributed by atoms with Crippen LogP contribution in [0.5, 0.6) is 0 Å². The molecular weight excluding hydrogens is 369 g/mol. The first kappa shape index (κ1) is 17.5. The van der Waals surface area contributed by atoms with Crippen molar-refractivity contribution in [3.05, 3.63) is 44.8 Å². The van der Waals surface area contributed by atoms with E-state index < -0.39 is 0 Å². The molecule has 1 aliphatic rings. The van der Waals surface area contributed by atoms with Gasteiger partial charge in [0.15, 0.2) is 0 Å². The van der Waals surface area contributed by atoms with Crippen LogP contribution < -0.4 is 4.90 Å². The molecule has 0 saturated carbocycles. The van der Waals surface area contributed by atoms with Crippen molar-refractivity contribution < 1.29 is 9.53 Å². The molecule has 5 nitrogen and oxygen atoms in total. The Bertz CT molecular complexity index is 689. The lowest BCUT2D eigenvalue weighted by Gasteiger charge is -2.36. The smallest absolute Gasteiger partial charge is 0.248 e. The lowest BCUT2D eigenvalue weighted by atomic mass is 10.2. The second-order valence-corrected chi connectivity index (χ2v) is 7.20. The first-order chi connectivity index (χ1) is 11.6. The molecule has 1 saturated heterocycles. The normalized spacial score (nSPS) is 14.9. The number of amides is 1. The predicted molar refractivity (Wildman–Crippen MR) is 97.0 cm³/mol. The summed E-state index contributed by atoms with van der Waals surface area (Å²) in [5.41, 5.74) is 0.952. The molecule has 1 aliphatic heterocycles. The van der Waals surface area contributed by atoms with Crippen molar-refractivity contribution in [1.82, 2.24) is 9.88 Å². The molecule has 3 rings (SSSR count). The average Bonchev–Trinajstić information content (AvgIpc) is 3.08. The van der Waals surface area contributed by atoms with Gasteiger partial charge in [0.05, 0.1) is 17.3 Å². The van der Waals surface area contributed by atoms with E-state index in [1.54, 1.807) is 12.3 Å². The Morgan fingerprint density at radius 2 is 2.04 bits per heavy atom. The fourth-order valence-electron chi connectivity index (χ4n) is 2.58. The summed E-state index contributed by atoms with van der Waals surface area (Å²) in [5, 5.41) is 4.02. The van der Waals surface area contributed by atoms with Gasteiger partial charge in [-0.25, -0.2) is 4.98 Å². The number of anilines is 1. The number of aromatic nitrogens is 1. The van der Waals surface area contributed by atoms with Crippen molar-refractivity contribution in [2.75, 3.05) is 37.7 Å². The zero-order chi connectivity index (χ0) is 16.9. The van der Waals surface area contributed by atoms with Gasteiger partial charge in [0, 0.05) is 42.8 Å². The van der Waals surface area contributed by atoms with E-state index in [0.29, 0.717) is 29.7 Å². The number of benzene rings is 1. The number of hydrogen-bond donors (Lipinski definition) is 0. The van der Waals surface area contributed by atoms with Crippen LogP contribution in [0.25, 0.3) is 0 Å². The number of piperazine rings is 1. The monoisotopic (exact) mass is 385 g/mol. The third-order valence-corrected chi connectivity index (χ3v) is 5.11. The number of hydrogen-bond acceptors (Lipinski definition) is 5. The van der Waals surface area contributed by atoms with Gasteiger partial charge in [-0.3, -0.25) is 4.79 Å². The van der Waals surface area contributed by atoms with Crippen molar-refractivity contribution in [3.8, 4) is 0 Å². The topological polar surface area (TPSA) is 45.7 Å². The lowest BCUT2D eigenvalue weighted by Crippen LogP contribution is -2.49. The Morgan fingerprint density at radius 1 is 1.25 bits per heavy atom. The maximum atomic E-state index is 12.2. The van der Waals surface area contributed by atoms with Gasteiger partial charge in [0.2, 0.25) is 5.91 Å². The molecule has 0 atom stereocenters. The summed E-state index contributed by atoms with van der Waals surface area (Å²) in [6.45, 7) is 3.24. The van der Waals surface area contributed by atoms with E-state index in [4.69, 9.17) is 27.9 Å². The average molecular weight is 386 g/mol. The number of ether oxygens (including phenoxy) is 1. The van der Waals surface area contributed by atoms with E-state index in [1.807, 2.05) is 22.4 Å². The van der Waals surface area contributed by atoms with E-state index in [1.165, 1.54) is 11.3 Å². The highest BCUT2D eigenvalue weighted by atomic mass is 35.5. The molecule has 0 radical (unpaired) electrons. The van der Waals surface area contributed by atoms with Gasteiger partial charge in [0.25, 0.3) is 0 Å². The molecule has 8 heteroatoms. The van der Waals surface area contributed by atoms with Gasteiger partial charge in [-0.1, -0.05) is 23.2 Å². The Labute approximate surface area is 154 Å². The highest BCUT2D eigenvalue weighted by Gasteiger charge is 2.22. The fraction of sp³-hybridized carbons (Fsp3) is 0.375. The molecule has 0 unspecified atom stereocenters. The van der Waals surface area contributed by atoms with Gasteiger partial charge in [-0.15, -0.1) is 11.3 Å². The van der Waals surface area contributed by atoms with Gasteiger partial charge >= 0.3 is 0 Å². The van der Waals surface area contributed by atoms with Crippen molar-refractivity contribution in [1.29, 1.82) is 0 Å². The molecular formula is C16H17Cl2N3O2S. The number of carbonyl (C=O) groups excluding carboxylic acids is 1. The second-order valence-electron chi connectivity index (χ2n) is 5.38. The molecule has 2 aromatic rings. The zero-order valence-corrected chi connectivity index (χ0v) is 15.3. The molecule has 0 spiro atoms. The molecule has 0 N–H and O–H groups in total. The summed E-state index contributed by atoms with van der Waals surface area (Å²) in [4.78, 5) is 20.3. The number of thiazole rings is 1. The van der Waals surface area contributed by atoms with Crippen LogP contribution in [-0.2, 0) is 16.1 Å². The summed E-state index contributed by atoms with van der Waals surface area (Å²) in [7, 11) is 0. The highest BCUT2D eigenvalue weighted by Crippen LogP contribution is 2.29. The zero-order valence-electron chi connectivity index (χ0n) is 13.0. The molecule has 24 heavy (non-hydrogen) atoms. The van der Waals surface area contributed by atoms with E-state index in [0.717, 1.165) is 23.8 Å². The molecule has 1 amide bonds. The molecule has 0 bridgehead atoms. The van der Waals surface area contributed by atoms with Crippen LogP contribution in [0.15, 0.2) is 29.8 Å². The first-order valence-electron chi connectivity index (χ1n) is 7.57. The van der Waals surface area contributed by atoms with Crippen LogP contribution in [0.4, 0.5) is 5.69 Å². The molecule has 1 aromatic carbocycles. The van der Waals surface area contributed by atoms with Gasteiger partial charge < -0.3 is 14.5 Å². The number of carbonyl (C=O) groups is 1. The van der Waals surface area contributed by atoms with Crippen molar-refractivity contribution in [2.45, 2.75) is 6.61 Å². The number of rotatable bonds is 5. The second kappa shape index (κ2) is 8.16. The molecule has 0 aliphatic carbocycles. The van der Waals surface area contributed by atoms with E-state index in [9.17, 15) is 4.79 Å². The van der Waals surface area contributed by atoms with E-state index in [-0.39, 0.29) is 12.5 Å². The number of halogens is 2. The summed E-state index contributed by atoms with van der Waals surface area (Å²) in [6, 6.07) is 5.48. The van der Waals surface area contributed by atoms with Crippen molar-refractivity contribution >= 4 is 46.1 Å². The maximum absolute atomic E-state index is 12.2. The standard InChI is InChI=1S/C16H17Cl2N3O2S/c17-12-1-2-14(13(18)9-12)20-4-6-21(7-5-20)16(22)11-23-10-15-19-3-8-24-15/h1-3,8-9H,4-7,10-11H2. The quantitative estimate of drug-likeness (QED) is 0.791. The summed E-state index contributed by atoms with van der Waals surface area (Å²) in [6.07, 6.45) is 1.73. The summed E-state index contributed by atoms with van der Waals surface area (Å²) >= 11 is 13.7. The Hall–Kier alpha value is -1.34. The molecule has 1 fully saturated rings. The van der Waals surface area contributed by atoms with Crippen LogP contribution >= 0.6 is 34.5 Å². The third kappa shape index (κ3) is 4.39. The van der Waals surface area contributed by atoms with E-state index >= 15 is 0 Å². The Balaban J connectivity index is 1.46. The minimum Gasteiger partial charge on any atom is -0.367 e. The molecule has 2 heterocycles.